The molecule has 11 atom stereocenters. The van der Waals surface area contributed by atoms with Crippen molar-refractivity contribution in [3.8, 4) is 23.0 Å². The van der Waals surface area contributed by atoms with Gasteiger partial charge in [-0.2, -0.15) is 0 Å². The lowest BCUT2D eigenvalue weighted by Crippen LogP contribution is -2.66. The highest BCUT2D eigenvalue weighted by Gasteiger charge is 2.55. The lowest BCUT2D eigenvalue weighted by atomic mass is 9.95. The molecular formula is C29H34O15. The van der Waals surface area contributed by atoms with Crippen LogP contribution in [0.25, 0.3) is 6.08 Å². The van der Waals surface area contributed by atoms with Gasteiger partial charge in [0.1, 0.15) is 42.7 Å². The van der Waals surface area contributed by atoms with E-state index in [1.165, 1.54) is 49.4 Å². The van der Waals surface area contributed by atoms with Gasteiger partial charge in [-0.25, -0.2) is 4.79 Å². The molecule has 0 radical (unpaired) electrons. The van der Waals surface area contributed by atoms with Gasteiger partial charge in [-0.15, -0.1) is 0 Å². The number of esters is 1. The molecule has 44 heavy (non-hydrogen) atoms. The Balaban J connectivity index is 1.43. The summed E-state index contributed by atoms with van der Waals surface area (Å²) in [4.78, 5) is 13.0. The van der Waals surface area contributed by atoms with Gasteiger partial charge >= 0.3 is 5.97 Å². The second kappa shape index (κ2) is 13.2. The van der Waals surface area contributed by atoms with E-state index in [0.717, 1.165) is 6.08 Å². The summed E-state index contributed by atoms with van der Waals surface area (Å²) in [5.74, 6) is -2.43. The highest BCUT2D eigenvalue weighted by molar-refractivity contribution is 5.87. The van der Waals surface area contributed by atoms with E-state index < -0.39 is 91.6 Å². The smallest absolute Gasteiger partial charge is 0.331 e. The van der Waals surface area contributed by atoms with Crippen LogP contribution in [-0.2, 0) is 33.2 Å². The van der Waals surface area contributed by atoms with Gasteiger partial charge in [-0.3, -0.25) is 0 Å². The molecule has 0 aliphatic carbocycles. The topological polar surface area (TPSA) is 234 Å². The molecular weight excluding hydrogens is 588 g/mol. The van der Waals surface area contributed by atoms with Crippen LogP contribution in [-0.4, -0.2) is 121 Å². The number of hydrogen-bond donors (Lipinski definition) is 8. The van der Waals surface area contributed by atoms with Crippen LogP contribution in [0.3, 0.4) is 0 Å². The number of benzene rings is 2. The molecule has 3 aliphatic rings. The molecule has 3 heterocycles. The van der Waals surface area contributed by atoms with Crippen molar-refractivity contribution >= 4 is 12.0 Å². The summed E-state index contributed by atoms with van der Waals surface area (Å²) in [7, 11) is 0. The van der Waals surface area contributed by atoms with Gasteiger partial charge in [0.25, 0.3) is 0 Å². The van der Waals surface area contributed by atoms with Gasteiger partial charge in [-0.05, 0) is 48.4 Å². The third kappa shape index (κ3) is 6.61. The zero-order chi connectivity index (χ0) is 31.7. The summed E-state index contributed by atoms with van der Waals surface area (Å²) in [6.45, 7) is 0.713. The Labute approximate surface area is 250 Å². The molecule has 0 saturated carbocycles. The lowest BCUT2D eigenvalue weighted by molar-refractivity contribution is -0.384. The van der Waals surface area contributed by atoms with Crippen LogP contribution < -0.4 is 0 Å². The first-order valence-corrected chi connectivity index (χ1v) is 13.8. The van der Waals surface area contributed by atoms with E-state index in [0.29, 0.717) is 11.1 Å². The van der Waals surface area contributed by atoms with Crippen molar-refractivity contribution in [1.82, 2.24) is 0 Å². The average Bonchev–Trinajstić information content (AvgIpc) is 3.01. The monoisotopic (exact) mass is 622 g/mol. The van der Waals surface area contributed by atoms with E-state index in [-0.39, 0.29) is 18.1 Å². The van der Waals surface area contributed by atoms with Crippen LogP contribution in [0, 0.1) is 0 Å². The zero-order valence-electron chi connectivity index (χ0n) is 23.3. The Bertz CT molecular complexity index is 1350. The van der Waals surface area contributed by atoms with Crippen molar-refractivity contribution < 1.29 is 74.1 Å². The van der Waals surface area contributed by atoms with Gasteiger partial charge in [0.2, 0.25) is 0 Å². The van der Waals surface area contributed by atoms with Gasteiger partial charge in [-0.1, -0.05) is 12.1 Å². The summed E-state index contributed by atoms with van der Waals surface area (Å²) >= 11 is 0. The minimum atomic E-state index is -1.73. The average molecular weight is 623 g/mol. The standard InChI is InChI=1S/C29H34O15/c1-12-22(36)23(37)24(38)28(40-12)44-26-25(43-21(35)7-3-13-2-5-15(31)17(33)8-13)19(10-30)42-29-27(26)41-20(11-39-29)14-4-6-16(32)18(34)9-14/h2-9,12,19-20,22-34,36-38H,10-11H2,1H3/t12-,19-,20-,22+,23-,24-,25-,26-,27-,28+,29-/m1/s1. The van der Waals surface area contributed by atoms with Crippen molar-refractivity contribution in [2.24, 2.45) is 0 Å². The molecule has 5 rings (SSSR count). The molecule has 3 saturated heterocycles. The molecule has 15 heteroatoms. The molecule has 8 N–H and O–H groups in total. The number of hydrogen-bond acceptors (Lipinski definition) is 15. The van der Waals surface area contributed by atoms with Crippen LogP contribution in [0.4, 0.5) is 0 Å². The number of carbonyl (C=O) groups excluding carboxylic acids is 1. The normalized spacial score (nSPS) is 35.7. The number of fused-ring (bicyclic) bond motifs is 1. The summed E-state index contributed by atoms with van der Waals surface area (Å²) in [5, 5.41) is 80.3. The molecule has 2 aromatic carbocycles. The molecule has 3 aliphatic heterocycles. The molecule has 15 nitrogen and oxygen atoms in total. The first-order valence-electron chi connectivity index (χ1n) is 13.8. The van der Waals surface area contributed by atoms with Crippen LogP contribution in [0.15, 0.2) is 42.5 Å². The molecule has 0 spiro atoms. The SMILES string of the molecule is C[C@H]1O[C@@H](O[C@H]2[C@H]3O[C@@H](c4ccc(O)c(O)c4)CO[C@@H]3O[C@H](CO)[C@H]2OC(=O)C=Cc2ccc(O)c(O)c2)[C@H](O)[C@H](O)[C@H]1O. The van der Waals surface area contributed by atoms with Crippen LogP contribution in [0.5, 0.6) is 23.0 Å². The van der Waals surface area contributed by atoms with Crippen molar-refractivity contribution in [2.45, 2.75) is 74.4 Å². The van der Waals surface area contributed by atoms with Gasteiger partial charge < -0.3 is 69.3 Å². The van der Waals surface area contributed by atoms with E-state index >= 15 is 0 Å². The Kier molecular flexibility index (Phi) is 9.59. The molecule has 2 aromatic rings. The number of aliphatic hydroxyl groups is 4. The van der Waals surface area contributed by atoms with E-state index in [2.05, 4.69) is 0 Å². The van der Waals surface area contributed by atoms with Crippen molar-refractivity contribution in [3.05, 3.63) is 53.6 Å². The van der Waals surface area contributed by atoms with E-state index in [1.807, 2.05) is 0 Å². The number of ether oxygens (including phenoxy) is 6. The summed E-state index contributed by atoms with van der Waals surface area (Å²) in [6, 6.07) is 7.92. The maximum Gasteiger partial charge on any atom is 0.331 e. The van der Waals surface area contributed by atoms with Crippen LogP contribution >= 0.6 is 0 Å². The quantitative estimate of drug-likeness (QED) is 0.111. The number of aromatic hydroxyl groups is 4. The Morgan fingerprint density at radius 2 is 1.59 bits per heavy atom. The van der Waals surface area contributed by atoms with Gasteiger partial charge in [0.15, 0.2) is 41.7 Å². The Hall–Kier alpha value is -3.51. The second-order valence-corrected chi connectivity index (χ2v) is 10.7. The van der Waals surface area contributed by atoms with Crippen molar-refractivity contribution in [1.29, 1.82) is 0 Å². The minimum Gasteiger partial charge on any atom is -0.504 e. The summed E-state index contributed by atoms with van der Waals surface area (Å²) in [5.41, 5.74) is 0.768. The number of carbonyl (C=O) groups is 1. The maximum absolute atomic E-state index is 13.0. The van der Waals surface area contributed by atoms with Crippen molar-refractivity contribution in [3.63, 3.8) is 0 Å². The predicted molar refractivity (Wildman–Crippen MR) is 145 cm³/mol. The van der Waals surface area contributed by atoms with Crippen molar-refractivity contribution in [2.75, 3.05) is 13.2 Å². The van der Waals surface area contributed by atoms with E-state index in [1.54, 1.807) is 0 Å². The largest absolute Gasteiger partial charge is 0.504 e. The summed E-state index contributed by atoms with van der Waals surface area (Å²) < 4.78 is 35.3. The Morgan fingerprint density at radius 1 is 0.886 bits per heavy atom. The summed E-state index contributed by atoms with van der Waals surface area (Å²) in [6.07, 6.45) is -12.2. The fraction of sp³-hybridized carbons (Fsp3) is 0.483. The molecule has 0 aromatic heterocycles. The van der Waals surface area contributed by atoms with Crippen LogP contribution in [0.2, 0.25) is 0 Å². The minimum absolute atomic E-state index is 0.0760. The highest BCUT2D eigenvalue weighted by Crippen LogP contribution is 2.39. The van der Waals surface area contributed by atoms with Gasteiger partial charge in [0.05, 0.1) is 19.3 Å². The maximum atomic E-state index is 13.0. The predicted octanol–water partition coefficient (Wildman–Crippen LogP) is -0.479. The highest BCUT2D eigenvalue weighted by atomic mass is 16.8. The first-order chi connectivity index (χ1) is 21.0. The zero-order valence-corrected chi connectivity index (χ0v) is 23.3. The van der Waals surface area contributed by atoms with Gasteiger partial charge in [0, 0.05) is 6.08 Å². The molecule has 0 amide bonds. The Morgan fingerprint density at radius 3 is 2.27 bits per heavy atom. The fourth-order valence-electron chi connectivity index (χ4n) is 5.19. The van der Waals surface area contributed by atoms with E-state index in [9.17, 15) is 45.6 Å². The number of aliphatic hydroxyl groups excluding tert-OH is 4. The molecule has 0 unspecified atom stereocenters. The number of phenolic OH excluding ortho intramolecular Hbond substituents is 4. The molecule has 3 fully saturated rings. The third-order valence-electron chi connectivity index (χ3n) is 7.64. The lowest BCUT2D eigenvalue weighted by Gasteiger charge is -2.50. The third-order valence-corrected chi connectivity index (χ3v) is 7.64. The van der Waals surface area contributed by atoms with Crippen LogP contribution in [0.1, 0.15) is 24.2 Å². The molecule has 240 valence electrons. The second-order valence-electron chi connectivity index (χ2n) is 10.7. The first kappa shape index (κ1) is 31.9. The van der Waals surface area contributed by atoms with E-state index in [4.69, 9.17) is 28.4 Å². The fourth-order valence-corrected chi connectivity index (χ4v) is 5.19. The number of phenols is 4. The molecule has 0 bridgehead atoms. The number of rotatable bonds is 7.